The summed E-state index contributed by atoms with van der Waals surface area (Å²) in [5, 5.41) is 5.89. The average Bonchev–Trinajstić information content (AvgIpc) is 2.70. The first-order valence-corrected chi connectivity index (χ1v) is 10.8. The van der Waals surface area contributed by atoms with E-state index < -0.39 is 0 Å². The van der Waals surface area contributed by atoms with E-state index in [1.807, 2.05) is 7.05 Å². The minimum atomic E-state index is 0.268. The minimum Gasteiger partial charge on any atom is -0.467 e. The van der Waals surface area contributed by atoms with E-state index in [-0.39, 0.29) is 6.79 Å². The first-order valence-electron chi connectivity index (χ1n) is 9.78. The molecule has 0 heterocycles. The van der Waals surface area contributed by atoms with Crippen molar-refractivity contribution in [2.45, 2.75) is 26.3 Å². The quantitative estimate of drug-likeness (QED) is 0.514. The molecule has 0 spiro atoms. The second-order valence-corrected chi connectivity index (χ2v) is 8.54. The van der Waals surface area contributed by atoms with Crippen LogP contribution in [0, 0.1) is 12.8 Å². The fourth-order valence-electron chi connectivity index (χ4n) is 3.46. The molecular weight excluding hydrogens is 365 g/mol. The van der Waals surface area contributed by atoms with Gasteiger partial charge in [-0.25, -0.2) is 0 Å². The number of benzene rings is 2. The largest absolute Gasteiger partial charge is 0.467 e. The van der Waals surface area contributed by atoms with E-state index in [1.54, 1.807) is 7.11 Å². The van der Waals surface area contributed by atoms with Crippen LogP contribution in [-0.4, -0.2) is 21.0 Å². The van der Waals surface area contributed by atoms with Crippen molar-refractivity contribution >= 4 is 19.2 Å². The molecule has 1 N–H and O–H groups in total. The van der Waals surface area contributed by atoms with Gasteiger partial charge in [0, 0.05) is 19.0 Å². The molecular formula is C24H30NO2P. The van der Waals surface area contributed by atoms with Gasteiger partial charge in [-0.15, -0.1) is 0 Å². The molecule has 0 saturated carbocycles. The molecule has 1 aliphatic carbocycles. The Morgan fingerprint density at radius 3 is 2.75 bits per heavy atom. The highest BCUT2D eigenvalue weighted by Crippen LogP contribution is 2.25. The van der Waals surface area contributed by atoms with Crippen LogP contribution in [0.4, 0.5) is 0 Å². The summed E-state index contributed by atoms with van der Waals surface area (Å²) in [5.74, 6) is 1.49. The molecule has 0 aliphatic heterocycles. The summed E-state index contributed by atoms with van der Waals surface area (Å²) in [6, 6.07) is 13.3. The Bertz CT molecular complexity index is 844. The molecule has 2 aromatic rings. The molecule has 3 rings (SSSR count). The number of rotatable bonds is 9. The number of methoxy groups -OCH3 is 1. The lowest BCUT2D eigenvalue weighted by molar-refractivity contribution is 0.0519. The maximum Gasteiger partial charge on any atom is 0.188 e. The van der Waals surface area contributed by atoms with E-state index in [0.717, 1.165) is 25.1 Å². The predicted molar refractivity (Wildman–Crippen MR) is 121 cm³/mol. The van der Waals surface area contributed by atoms with E-state index >= 15 is 0 Å². The molecule has 0 amide bonds. The van der Waals surface area contributed by atoms with Crippen molar-refractivity contribution in [3.8, 4) is 5.75 Å². The van der Waals surface area contributed by atoms with Gasteiger partial charge in [0.1, 0.15) is 5.75 Å². The van der Waals surface area contributed by atoms with E-state index in [0.29, 0.717) is 14.5 Å². The summed E-state index contributed by atoms with van der Waals surface area (Å²) in [6.45, 7) is 3.29. The van der Waals surface area contributed by atoms with Crippen LogP contribution < -0.4 is 20.7 Å². The van der Waals surface area contributed by atoms with Crippen molar-refractivity contribution in [2.24, 2.45) is 5.92 Å². The number of nitrogens with one attached hydrogen (secondary N) is 1. The summed E-state index contributed by atoms with van der Waals surface area (Å²) in [5.41, 5.74) is 4.00. The van der Waals surface area contributed by atoms with Gasteiger partial charge in [-0.2, -0.15) is 0 Å². The van der Waals surface area contributed by atoms with Crippen LogP contribution in [0.25, 0.3) is 0 Å². The molecule has 2 aromatic carbocycles. The molecule has 2 unspecified atom stereocenters. The van der Waals surface area contributed by atoms with E-state index in [1.165, 1.54) is 27.3 Å². The molecule has 0 fully saturated rings. The third-order valence-electron chi connectivity index (χ3n) is 4.84. The Balaban J connectivity index is 1.87. The standard InChI is InChI=1S/C24H30NO2P/c1-18-9-12-23(21(13-18)16-25-2)28-24-15-20(10-11-22(24)27-17-26-3)14-19-7-5-4-6-8-19/h4-7,9-13,15,19,25,28H,8,14,16-17H2,1-3H3. The smallest absolute Gasteiger partial charge is 0.188 e. The van der Waals surface area contributed by atoms with Crippen LogP contribution in [0.15, 0.2) is 60.7 Å². The van der Waals surface area contributed by atoms with Crippen molar-refractivity contribution < 1.29 is 9.47 Å². The SMILES string of the molecule is CNCc1cc(C)ccc1Pc1cc(CC2C=CC=CC2)ccc1OCOC. The first-order chi connectivity index (χ1) is 13.7. The van der Waals surface area contributed by atoms with Gasteiger partial charge in [-0.05, 0) is 61.3 Å². The second-order valence-electron chi connectivity index (χ2n) is 7.21. The molecule has 4 heteroatoms. The van der Waals surface area contributed by atoms with Crippen LogP contribution in [0.2, 0.25) is 0 Å². The summed E-state index contributed by atoms with van der Waals surface area (Å²) >= 11 is 0. The number of hydrogen-bond donors (Lipinski definition) is 1. The van der Waals surface area contributed by atoms with Crippen molar-refractivity contribution in [2.75, 3.05) is 21.0 Å². The van der Waals surface area contributed by atoms with E-state index in [4.69, 9.17) is 9.47 Å². The van der Waals surface area contributed by atoms with Gasteiger partial charge in [0.2, 0.25) is 0 Å². The van der Waals surface area contributed by atoms with Crippen LogP contribution in [0.5, 0.6) is 5.75 Å². The number of ether oxygens (including phenoxy) is 2. The Hall–Kier alpha value is -1.93. The van der Waals surface area contributed by atoms with Gasteiger partial charge < -0.3 is 14.8 Å². The van der Waals surface area contributed by atoms with Crippen LogP contribution >= 0.6 is 8.58 Å². The van der Waals surface area contributed by atoms with Crippen molar-refractivity contribution in [1.29, 1.82) is 0 Å². The van der Waals surface area contributed by atoms with Crippen molar-refractivity contribution in [1.82, 2.24) is 5.32 Å². The van der Waals surface area contributed by atoms with Gasteiger partial charge in [0.15, 0.2) is 6.79 Å². The maximum atomic E-state index is 5.87. The van der Waals surface area contributed by atoms with Gasteiger partial charge in [0.05, 0.1) is 0 Å². The lowest BCUT2D eigenvalue weighted by Gasteiger charge is -2.17. The maximum absolute atomic E-state index is 5.87. The molecule has 2 atom stereocenters. The van der Waals surface area contributed by atoms with E-state index in [9.17, 15) is 0 Å². The summed E-state index contributed by atoms with van der Waals surface area (Å²) < 4.78 is 11.0. The Morgan fingerprint density at radius 2 is 2.00 bits per heavy atom. The number of allylic oxidation sites excluding steroid dienone is 4. The van der Waals surface area contributed by atoms with Crippen LogP contribution in [0.1, 0.15) is 23.1 Å². The van der Waals surface area contributed by atoms with Crippen molar-refractivity contribution in [3.63, 3.8) is 0 Å². The normalized spacial score (nSPS) is 16.2. The molecule has 0 aromatic heterocycles. The zero-order chi connectivity index (χ0) is 19.8. The Morgan fingerprint density at radius 1 is 1.11 bits per heavy atom. The first kappa shape index (κ1) is 20.8. The Kier molecular flexibility index (Phi) is 7.85. The monoisotopic (exact) mass is 395 g/mol. The van der Waals surface area contributed by atoms with Crippen LogP contribution in [0.3, 0.4) is 0 Å². The third kappa shape index (κ3) is 5.78. The summed E-state index contributed by atoms with van der Waals surface area (Å²) in [4.78, 5) is 0. The van der Waals surface area contributed by atoms with Gasteiger partial charge in [0.25, 0.3) is 0 Å². The lowest BCUT2D eigenvalue weighted by atomic mass is 9.93. The fourth-order valence-corrected chi connectivity index (χ4v) is 4.78. The summed E-state index contributed by atoms with van der Waals surface area (Å²) in [6.07, 6.45) is 11.0. The highest BCUT2D eigenvalue weighted by molar-refractivity contribution is 7.55. The molecule has 0 radical (unpaired) electrons. The molecule has 28 heavy (non-hydrogen) atoms. The predicted octanol–water partition coefficient (Wildman–Crippen LogP) is 4.00. The molecule has 148 valence electrons. The van der Waals surface area contributed by atoms with E-state index in [2.05, 4.69) is 72.9 Å². The molecule has 1 aliphatic rings. The fraction of sp³-hybridized carbons (Fsp3) is 0.333. The van der Waals surface area contributed by atoms with Gasteiger partial charge >= 0.3 is 0 Å². The highest BCUT2D eigenvalue weighted by atomic mass is 31.1. The third-order valence-corrected chi connectivity index (χ3v) is 6.26. The number of aryl methyl sites for hydroxylation is 1. The zero-order valence-electron chi connectivity index (χ0n) is 17.0. The molecule has 3 nitrogen and oxygen atoms in total. The highest BCUT2D eigenvalue weighted by Gasteiger charge is 2.12. The van der Waals surface area contributed by atoms with Gasteiger partial charge in [-0.1, -0.05) is 62.7 Å². The Labute approximate surface area is 170 Å². The van der Waals surface area contributed by atoms with Gasteiger partial charge in [-0.3, -0.25) is 0 Å². The summed E-state index contributed by atoms with van der Waals surface area (Å²) in [7, 11) is 4.20. The van der Waals surface area contributed by atoms with Crippen molar-refractivity contribution in [3.05, 3.63) is 77.4 Å². The molecule has 0 saturated heterocycles. The average molecular weight is 395 g/mol. The topological polar surface area (TPSA) is 30.5 Å². The minimum absolute atomic E-state index is 0.268. The molecule has 0 bridgehead atoms. The zero-order valence-corrected chi connectivity index (χ0v) is 18.0. The lowest BCUT2D eigenvalue weighted by Crippen LogP contribution is -2.17. The van der Waals surface area contributed by atoms with Crippen LogP contribution in [-0.2, 0) is 17.7 Å². The second kappa shape index (κ2) is 10.6. The number of hydrogen-bond acceptors (Lipinski definition) is 3.